The monoisotopic (exact) mass is 361 g/mol. The van der Waals surface area contributed by atoms with Crippen LogP contribution >= 0.6 is 11.8 Å². The topological polar surface area (TPSA) is 79.5 Å². The normalized spacial score (nSPS) is 11.4. The van der Waals surface area contributed by atoms with Gasteiger partial charge in [-0.1, -0.05) is 20.8 Å². The minimum absolute atomic E-state index is 0.108. The standard InChI is InChI=1S/C19H23NO4S/c1-11-8-13(25-19(3,4)5)6-7-14(11)20-18(23)17-12(2)10-24-15(17)9-16(21)22/h6-8,10H,9H2,1-5H3,(H,20,23)(H,21,22). The lowest BCUT2D eigenvalue weighted by Gasteiger charge is -2.18. The number of furan rings is 1. The molecule has 0 spiro atoms. The summed E-state index contributed by atoms with van der Waals surface area (Å²) < 4.78 is 5.33. The average molecular weight is 361 g/mol. The van der Waals surface area contributed by atoms with Gasteiger partial charge < -0.3 is 14.8 Å². The first-order valence-corrected chi connectivity index (χ1v) is 8.78. The van der Waals surface area contributed by atoms with Gasteiger partial charge in [0, 0.05) is 20.9 Å². The molecule has 0 saturated carbocycles. The van der Waals surface area contributed by atoms with Crippen LogP contribution in [0, 0.1) is 13.8 Å². The van der Waals surface area contributed by atoms with Gasteiger partial charge in [-0.2, -0.15) is 0 Å². The zero-order valence-electron chi connectivity index (χ0n) is 15.1. The fourth-order valence-corrected chi connectivity index (χ4v) is 3.53. The number of carboxylic acids is 1. The number of nitrogens with one attached hydrogen (secondary N) is 1. The molecule has 5 nitrogen and oxygen atoms in total. The summed E-state index contributed by atoms with van der Waals surface area (Å²) in [6.07, 6.45) is 1.08. The SMILES string of the molecule is Cc1cc(SC(C)(C)C)ccc1NC(=O)c1c(C)coc1CC(=O)O. The fourth-order valence-electron chi connectivity index (χ4n) is 2.45. The number of anilines is 1. The van der Waals surface area contributed by atoms with Gasteiger partial charge in [-0.15, -0.1) is 11.8 Å². The van der Waals surface area contributed by atoms with E-state index in [1.54, 1.807) is 18.7 Å². The Kier molecular flexibility index (Phi) is 5.62. The van der Waals surface area contributed by atoms with Crippen molar-refractivity contribution in [2.45, 2.75) is 50.7 Å². The van der Waals surface area contributed by atoms with Gasteiger partial charge in [0.1, 0.15) is 12.2 Å². The summed E-state index contributed by atoms with van der Waals surface area (Å²) in [6.45, 7) is 10.1. The molecule has 0 atom stereocenters. The molecule has 0 aliphatic rings. The Morgan fingerprint density at radius 3 is 2.44 bits per heavy atom. The fraction of sp³-hybridized carbons (Fsp3) is 0.368. The Bertz CT molecular complexity index is 802. The van der Waals surface area contributed by atoms with Gasteiger partial charge in [0.15, 0.2) is 0 Å². The third-order valence-electron chi connectivity index (χ3n) is 3.46. The second kappa shape index (κ2) is 7.35. The molecule has 1 heterocycles. The van der Waals surface area contributed by atoms with E-state index in [-0.39, 0.29) is 28.4 Å². The van der Waals surface area contributed by atoms with Crippen molar-refractivity contribution in [2.24, 2.45) is 0 Å². The molecule has 0 aliphatic carbocycles. The van der Waals surface area contributed by atoms with Crippen LogP contribution in [0.25, 0.3) is 0 Å². The van der Waals surface area contributed by atoms with Crippen LogP contribution in [-0.4, -0.2) is 21.7 Å². The number of carbonyl (C=O) groups excluding carboxylic acids is 1. The van der Waals surface area contributed by atoms with Crippen molar-refractivity contribution in [3.05, 3.63) is 46.9 Å². The molecule has 25 heavy (non-hydrogen) atoms. The summed E-state index contributed by atoms with van der Waals surface area (Å²) in [4.78, 5) is 24.7. The number of hydrogen-bond acceptors (Lipinski definition) is 4. The summed E-state index contributed by atoms with van der Waals surface area (Å²) in [7, 11) is 0. The zero-order chi connectivity index (χ0) is 18.8. The number of rotatable bonds is 5. The number of thioether (sulfide) groups is 1. The third-order valence-corrected chi connectivity index (χ3v) is 4.56. The van der Waals surface area contributed by atoms with Gasteiger partial charge in [-0.05, 0) is 37.6 Å². The van der Waals surface area contributed by atoms with Crippen LogP contribution in [0.3, 0.4) is 0 Å². The number of benzene rings is 1. The summed E-state index contributed by atoms with van der Waals surface area (Å²) >= 11 is 1.76. The molecule has 0 unspecified atom stereocenters. The van der Waals surface area contributed by atoms with Crippen molar-refractivity contribution in [1.82, 2.24) is 0 Å². The Morgan fingerprint density at radius 1 is 1.20 bits per heavy atom. The first kappa shape index (κ1) is 19.1. The van der Waals surface area contributed by atoms with Gasteiger partial charge >= 0.3 is 5.97 Å². The van der Waals surface area contributed by atoms with Crippen LogP contribution < -0.4 is 5.32 Å². The molecule has 1 aromatic carbocycles. The van der Waals surface area contributed by atoms with E-state index in [9.17, 15) is 9.59 Å². The van der Waals surface area contributed by atoms with Gasteiger partial charge in [-0.25, -0.2) is 0 Å². The molecule has 0 aliphatic heterocycles. The lowest BCUT2D eigenvalue weighted by molar-refractivity contribution is -0.136. The number of carboxylic acid groups (broad SMARTS) is 1. The van der Waals surface area contributed by atoms with E-state index in [4.69, 9.17) is 9.52 Å². The van der Waals surface area contributed by atoms with Crippen molar-refractivity contribution in [2.75, 3.05) is 5.32 Å². The molecule has 0 saturated heterocycles. The third kappa shape index (κ3) is 5.13. The maximum atomic E-state index is 12.6. The van der Waals surface area contributed by atoms with Crippen LogP contribution in [0.4, 0.5) is 5.69 Å². The summed E-state index contributed by atoms with van der Waals surface area (Å²) in [5.74, 6) is -1.23. The number of carbonyl (C=O) groups is 2. The summed E-state index contributed by atoms with van der Waals surface area (Å²) in [6, 6.07) is 5.87. The molecular weight excluding hydrogens is 338 g/mol. The maximum Gasteiger partial charge on any atom is 0.311 e. The Hall–Kier alpha value is -2.21. The molecule has 134 valence electrons. The molecule has 2 N–H and O–H groups in total. The Labute approximate surface area is 151 Å². The van der Waals surface area contributed by atoms with Crippen molar-refractivity contribution >= 4 is 29.3 Å². The molecule has 2 rings (SSSR count). The highest BCUT2D eigenvalue weighted by molar-refractivity contribution is 8.00. The van der Waals surface area contributed by atoms with Crippen LogP contribution in [0.2, 0.25) is 0 Å². The van der Waals surface area contributed by atoms with Crippen molar-refractivity contribution in [3.8, 4) is 0 Å². The van der Waals surface area contributed by atoms with Crippen LogP contribution in [0.15, 0.2) is 33.8 Å². The first-order valence-electron chi connectivity index (χ1n) is 7.96. The number of aryl methyl sites for hydroxylation is 2. The second-order valence-corrected chi connectivity index (χ2v) is 8.83. The second-order valence-electron chi connectivity index (χ2n) is 6.93. The van der Waals surface area contributed by atoms with Crippen LogP contribution in [0.5, 0.6) is 0 Å². The highest BCUT2D eigenvalue weighted by Crippen LogP contribution is 2.33. The lowest BCUT2D eigenvalue weighted by Crippen LogP contribution is -2.16. The minimum atomic E-state index is -1.04. The van der Waals surface area contributed by atoms with E-state index in [2.05, 4.69) is 26.1 Å². The predicted molar refractivity (Wildman–Crippen MR) is 99.5 cm³/mol. The highest BCUT2D eigenvalue weighted by Gasteiger charge is 2.21. The average Bonchev–Trinajstić information content (AvgIpc) is 2.80. The van der Waals surface area contributed by atoms with E-state index >= 15 is 0 Å². The molecule has 0 radical (unpaired) electrons. The molecule has 0 bridgehead atoms. The predicted octanol–water partition coefficient (Wildman–Crippen LogP) is 4.67. The molecule has 1 amide bonds. The van der Waals surface area contributed by atoms with E-state index in [0.717, 1.165) is 10.5 Å². The first-order chi connectivity index (χ1) is 11.6. The molecule has 2 aromatic rings. The van der Waals surface area contributed by atoms with Crippen LogP contribution in [-0.2, 0) is 11.2 Å². The van der Waals surface area contributed by atoms with E-state index in [0.29, 0.717) is 11.3 Å². The minimum Gasteiger partial charge on any atom is -0.481 e. The van der Waals surface area contributed by atoms with E-state index < -0.39 is 5.97 Å². The maximum absolute atomic E-state index is 12.6. The highest BCUT2D eigenvalue weighted by atomic mass is 32.2. The van der Waals surface area contributed by atoms with Gasteiger partial charge in [0.05, 0.1) is 11.8 Å². The number of aliphatic carboxylic acids is 1. The number of amides is 1. The Balaban J connectivity index is 2.21. The Morgan fingerprint density at radius 2 is 1.88 bits per heavy atom. The molecular formula is C19H23NO4S. The molecule has 0 fully saturated rings. The van der Waals surface area contributed by atoms with Gasteiger partial charge in [-0.3, -0.25) is 9.59 Å². The smallest absolute Gasteiger partial charge is 0.311 e. The van der Waals surface area contributed by atoms with Gasteiger partial charge in [0.2, 0.25) is 0 Å². The van der Waals surface area contributed by atoms with E-state index in [1.165, 1.54) is 6.26 Å². The van der Waals surface area contributed by atoms with Crippen LogP contribution in [0.1, 0.15) is 48.0 Å². The summed E-state index contributed by atoms with van der Waals surface area (Å²) in [5, 5.41) is 11.8. The molecule has 6 heteroatoms. The quantitative estimate of drug-likeness (QED) is 0.757. The van der Waals surface area contributed by atoms with E-state index in [1.807, 2.05) is 25.1 Å². The zero-order valence-corrected chi connectivity index (χ0v) is 15.9. The van der Waals surface area contributed by atoms with Gasteiger partial charge in [0.25, 0.3) is 5.91 Å². The van der Waals surface area contributed by atoms with Crippen molar-refractivity contribution in [3.63, 3.8) is 0 Å². The molecule has 1 aromatic heterocycles. The lowest BCUT2D eigenvalue weighted by atomic mass is 10.1. The van der Waals surface area contributed by atoms with Crippen molar-refractivity contribution in [1.29, 1.82) is 0 Å². The largest absolute Gasteiger partial charge is 0.481 e. The number of hydrogen-bond donors (Lipinski definition) is 2. The summed E-state index contributed by atoms with van der Waals surface area (Å²) in [5.41, 5.74) is 2.55. The van der Waals surface area contributed by atoms with Crippen molar-refractivity contribution < 1.29 is 19.1 Å².